The molecule has 0 aliphatic heterocycles. The van der Waals surface area contributed by atoms with E-state index in [-0.39, 0.29) is 125 Å². The van der Waals surface area contributed by atoms with Gasteiger partial charge in [-0.15, -0.1) is 6.42 Å². The fraction of sp³-hybridized carbons (Fsp3) is 0.720. The predicted molar refractivity (Wildman–Crippen MR) is 145 cm³/mol. The molecule has 0 nitrogen and oxygen atoms in total. The first-order chi connectivity index (χ1) is 11.9. The fourth-order valence-corrected chi connectivity index (χ4v) is 3.83. The van der Waals surface area contributed by atoms with Crippen LogP contribution in [0.4, 0.5) is 0 Å². The van der Waals surface area contributed by atoms with Gasteiger partial charge in [0.05, 0.1) is 0 Å². The zero-order valence-electron chi connectivity index (χ0n) is 23.8. The minimum Gasteiger partial charge on any atom is -0.358 e. The molecule has 0 aliphatic rings. The summed E-state index contributed by atoms with van der Waals surface area (Å²) in [6.07, 6.45) is 15.1. The van der Waals surface area contributed by atoms with Gasteiger partial charge in [0.1, 0.15) is 0 Å². The van der Waals surface area contributed by atoms with Gasteiger partial charge in [0.15, 0.2) is 0 Å². The van der Waals surface area contributed by atoms with Crippen molar-refractivity contribution < 1.29 is 136 Å². The molecule has 32 heavy (non-hydrogen) atoms. The first kappa shape index (κ1) is 66.1. The van der Waals surface area contributed by atoms with Gasteiger partial charge in [0.25, 0.3) is 0 Å². The minimum absolute atomic E-state index is 0. The van der Waals surface area contributed by atoms with E-state index in [4.69, 9.17) is 0 Å². The van der Waals surface area contributed by atoms with Crippen molar-refractivity contribution in [3.8, 4) is 0 Å². The first-order valence-electron chi connectivity index (χ1n) is 10.1. The van der Waals surface area contributed by atoms with E-state index in [1.807, 2.05) is 18.8 Å². The molecule has 194 valence electrons. The fourth-order valence-electron chi connectivity index (χ4n) is 1.45. The predicted octanol–water partition coefficient (Wildman–Crippen LogP) is 10.0. The maximum absolute atomic E-state index is 3.83. The molecule has 0 aliphatic carbocycles. The van der Waals surface area contributed by atoms with Crippen molar-refractivity contribution in [2.45, 2.75) is 77.6 Å². The minimum atomic E-state index is -0.393. The van der Waals surface area contributed by atoms with Crippen molar-refractivity contribution in [2.75, 3.05) is 39.5 Å². The Morgan fingerprint density at radius 2 is 0.844 bits per heavy atom. The van der Waals surface area contributed by atoms with Crippen LogP contribution in [0.15, 0.2) is 0 Å². The Morgan fingerprint density at radius 3 is 1.00 bits per heavy atom. The van der Waals surface area contributed by atoms with Crippen LogP contribution in [0.1, 0.15) is 77.6 Å². The average molecular weight is 1060 g/mol. The van der Waals surface area contributed by atoms with E-state index in [2.05, 4.69) is 67.9 Å². The van der Waals surface area contributed by atoms with Crippen LogP contribution in [0, 0.1) is 50.0 Å². The normalized spacial score (nSPS) is 8.56. The Morgan fingerprint density at radius 1 is 0.562 bits per heavy atom. The van der Waals surface area contributed by atoms with Gasteiger partial charge in [0.2, 0.25) is 0 Å². The standard InChI is InChI=1S/C8H18P.C6H13.C5H10.C3H9P.3CH3.2W.3Y/c1-4-5-6-7-8-9(2)3;1-3-5-6-4-2;1-3-5-4-2;1-4(2)3;;;;;;;;/h1,4-8H2,2-3H3;1,3-6H2,2H3;1-5H2;1-3H3;3*1H3;;;;;/q2*-1;-2;;3*-1;;;;;+3. The Balaban J connectivity index is -0.0000000247. The molecule has 0 aromatic rings. The second-order valence-corrected chi connectivity index (χ2v) is 37.6. The van der Waals surface area contributed by atoms with Crippen LogP contribution in [-0.2, 0) is 136 Å². The van der Waals surface area contributed by atoms with Crippen LogP contribution in [0.2, 0.25) is 0 Å². The van der Waals surface area contributed by atoms with Gasteiger partial charge in [-0.05, 0) is 0 Å². The zero-order valence-corrected chi connectivity index (χ0v) is 39.9. The molecule has 0 spiro atoms. The van der Waals surface area contributed by atoms with E-state index in [1.54, 1.807) is 18.8 Å². The molecule has 0 bridgehead atoms. The largest absolute Gasteiger partial charge is 3.00 e. The third-order valence-electron chi connectivity index (χ3n) is 2.80. The van der Waals surface area contributed by atoms with Gasteiger partial charge in [-0.1, -0.05) is 26.2 Å². The van der Waals surface area contributed by atoms with Crippen LogP contribution in [0.3, 0.4) is 0 Å². The molecule has 0 saturated carbocycles. The molecule has 0 aromatic heterocycles. The van der Waals surface area contributed by atoms with Crippen LogP contribution in [-0.4, -0.2) is 39.5 Å². The van der Waals surface area contributed by atoms with Crippen molar-refractivity contribution in [3.63, 3.8) is 0 Å². The molecular formula is C25H59P2W2Y3-4. The molecule has 0 amide bonds. The zero-order chi connectivity index (χ0) is 21.5. The topological polar surface area (TPSA) is 0 Å². The molecule has 0 heterocycles. The van der Waals surface area contributed by atoms with E-state index < -0.39 is 4.90 Å². The molecule has 0 atom stereocenters. The summed E-state index contributed by atoms with van der Waals surface area (Å²) >= 11 is 3.60. The Labute approximate surface area is 307 Å². The maximum Gasteiger partial charge on any atom is 3.00 e. The first-order valence-corrected chi connectivity index (χ1v) is 23.8. The van der Waals surface area contributed by atoms with Crippen molar-refractivity contribution in [3.05, 3.63) is 50.0 Å². The summed E-state index contributed by atoms with van der Waals surface area (Å²) < 4.78 is 0. The third-order valence-corrected chi connectivity index (χ3v) is 6.16. The third kappa shape index (κ3) is 138. The summed E-state index contributed by atoms with van der Waals surface area (Å²) in [5.41, 5.74) is 0. The van der Waals surface area contributed by atoms with Gasteiger partial charge in [-0.2, -0.15) is 19.3 Å². The van der Waals surface area contributed by atoms with E-state index in [9.17, 15) is 0 Å². The van der Waals surface area contributed by atoms with Gasteiger partial charge in [-0.3, -0.25) is 0 Å². The summed E-state index contributed by atoms with van der Waals surface area (Å²) in [5, 5.41) is 0. The van der Waals surface area contributed by atoms with Gasteiger partial charge < -0.3 is 43.1 Å². The second-order valence-electron chi connectivity index (χ2n) is 7.72. The van der Waals surface area contributed by atoms with E-state index in [0.29, 0.717) is 0 Å². The molecule has 0 unspecified atom stereocenters. The smallest absolute Gasteiger partial charge is 0.358 e. The molecular weight excluding hydrogens is 997 g/mol. The summed E-state index contributed by atoms with van der Waals surface area (Å²) in [6.45, 7) is 28.9. The van der Waals surface area contributed by atoms with Crippen molar-refractivity contribution in [2.24, 2.45) is 0 Å². The Bertz CT molecular complexity index is 317. The van der Waals surface area contributed by atoms with E-state index in [0.717, 1.165) is 25.7 Å². The molecule has 0 rings (SSSR count). The number of unbranched alkanes of at least 4 members (excludes halogenated alkanes) is 8. The molecule has 0 fully saturated rings. The van der Waals surface area contributed by atoms with E-state index in [1.165, 1.54) is 51.1 Å². The molecule has 0 aromatic carbocycles. The Kier molecular flexibility index (Phi) is 109. The van der Waals surface area contributed by atoms with Gasteiger partial charge in [-0.25, -0.2) is 0 Å². The van der Waals surface area contributed by atoms with E-state index >= 15 is 0 Å². The molecule has 7 heteroatoms. The average Bonchev–Trinajstić information content (AvgIpc) is 2.49. The monoisotopic (exact) mass is 1060 g/mol. The van der Waals surface area contributed by atoms with Crippen molar-refractivity contribution in [1.29, 1.82) is 0 Å². The van der Waals surface area contributed by atoms with Crippen LogP contribution in [0.25, 0.3) is 0 Å². The van der Waals surface area contributed by atoms with Gasteiger partial charge in [0, 0.05) is 65.4 Å². The number of hydrogen-bond donors (Lipinski definition) is 0. The number of rotatable bonds is 10. The molecule has 0 N–H and O–H groups in total. The quantitative estimate of drug-likeness (QED) is 0.116. The van der Waals surface area contributed by atoms with Crippen molar-refractivity contribution in [1.82, 2.24) is 0 Å². The summed E-state index contributed by atoms with van der Waals surface area (Å²) in [5.74, 6) is 0. The molecule has 2 radical (unpaired) electrons. The molecule has 0 saturated heterocycles. The summed E-state index contributed by atoms with van der Waals surface area (Å²) in [4.78, 5) is -0.699. The van der Waals surface area contributed by atoms with Crippen molar-refractivity contribution >= 4 is 9.79 Å². The number of hydrogen-bond acceptors (Lipinski definition) is 0. The Hall–Kier alpha value is 5.55. The van der Waals surface area contributed by atoms with Gasteiger partial charge >= 0.3 is 152 Å². The van der Waals surface area contributed by atoms with Crippen LogP contribution in [0.5, 0.6) is 0 Å². The van der Waals surface area contributed by atoms with Crippen LogP contribution < -0.4 is 0 Å². The summed E-state index contributed by atoms with van der Waals surface area (Å²) in [7, 11) is 0. The maximum atomic E-state index is 3.83. The SMILES string of the molecule is C[P](C)(C)=[W].[CH2-]CCCCC.[CH2-]CCCCC[P](C)(C)=[W].[CH2-]CCC[CH2-].[CH3-].[CH3-].[CH3-].[Y+3].[Y].[Y]. The van der Waals surface area contributed by atoms with Crippen LogP contribution >= 0.6 is 9.79 Å². The second kappa shape index (κ2) is 52.9. The summed E-state index contributed by atoms with van der Waals surface area (Å²) in [6, 6.07) is 0.